The van der Waals surface area contributed by atoms with Gasteiger partial charge in [0.15, 0.2) is 11.9 Å². The average molecular weight is 505 g/mol. The SMILES string of the molecule is CCCCCCCCCCCCCCCCCCn1c(C(CC)Oc2ccccc2)nc2ccccc21. The molecule has 0 bridgehead atoms. The summed E-state index contributed by atoms with van der Waals surface area (Å²) in [6.07, 6.45) is 23.2. The van der Waals surface area contributed by atoms with Crippen molar-refractivity contribution >= 4 is 11.0 Å². The molecule has 0 saturated heterocycles. The van der Waals surface area contributed by atoms with E-state index in [2.05, 4.69) is 42.7 Å². The topological polar surface area (TPSA) is 27.1 Å². The molecule has 0 amide bonds. The van der Waals surface area contributed by atoms with Crippen molar-refractivity contribution in [3.63, 3.8) is 0 Å². The van der Waals surface area contributed by atoms with E-state index < -0.39 is 0 Å². The first kappa shape index (κ1) is 29.3. The highest BCUT2D eigenvalue weighted by atomic mass is 16.5. The Labute approximate surface area is 227 Å². The molecule has 0 fully saturated rings. The van der Waals surface area contributed by atoms with Gasteiger partial charge in [0.1, 0.15) is 5.75 Å². The molecule has 3 nitrogen and oxygen atoms in total. The molecule has 0 spiro atoms. The van der Waals surface area contributed by atoms with Crippen molar-refractivity contribution < 1.29 is 4.74 Å². The van der Waals surface area contributed by atoms with Crippen LogP contribution in [0.3, 0.4) is 0 Å². The Hall–Kier alpha value is -2.29. The second-order valence-electron chi connectivity index (χ2n) is 10.7. The predicted molar refractivity (Wildman–Crippen MR) is 159 cm³/mol. The van der Waals surface area contributed by atoms with Gasteiger partial charge in [-0.2, -0.15) is 0 Å². The Morgan fingerprint density at radius 2 is 1.14 bits per heavy atom. The monoisotopic (exact) mass is 504 g/mol. The van der Waals surface area contributed by atoms with Crippen LogP contribution in [-0.4, -0.2) is 9.55 Å². The zero-order chi connectivity index (χ0) is 26.0. The van der Waals surface area contributed by atoms with Crippen LogP contribution in [0.1, 0.15) is 135 Å². The molecule has 37 heavy (non-hydrogen) atoms. The smallest absolute Gasteiger partial charge is 0.156 e. The molecule has 3 heteroatoms. The van der Waals surface area contributed by atoms with Crippen molar-refractivity contribution in [1.29, 1.82) is 0 Å². The van der Waals surface area contributed by atoms with E-state index in [0.717, 1.165) is 30.1 Å². The van der Waals surface area contributed by atoms with Crippen molar-refractivity contribution in [3.05, 3.63) is 60.4 Å². The van der Waals surface area contributed by atoms with Crippen molar-refractivity contribution in [3.8, 4) is 5.75 Å². The summed E-state index contributed by atoms with van der Waals surface area (Å²) in [7, 11) is 0. The number of hydrogen-bond acceptors (Lipinski definition) is 2. The lowest BCUT2D eigenvalue weighted by molar-refractivity contribution is 0.186. The number of nitrogens with zero attached hydrogens (tertiary/aromatic N) is 2. The third-order valence-electron chi connectivity index (χ3n) is 7.60. The Kier molecular flexibility index (Phi) is 14.3. The lowest BCUT2D eigenvalue weighted by atomic mass is 10.0. The fraction of sp³-hybridized carbons (Fsp3) is 0.618. The highest BCUT2D eigenvalue weighted by molar-refractivity contribution is 5.76. The lowest BCUT2D eigenvalue weighted by Crippen LogP contribution is -2.14. The molecule has 0 radical (unpaired) electrons. The minimum atomic E-state index is -0.0316. The van der Waals surface area contributed by atoms with E-state index >= 15 is 0 Å². The number of ether oxygens (including phenoxy) is 1. The van der Waals surface area contributed by atoms with E-state index in [0.29, 0.717) is 0 Å². The second-order valence-corrected chi connectivity index (χ2v) is 10.7. The summed E-state index contributed by atoms with van der Waals surface area (Å²) in [6, 6.07) is 18.7. The van der Waals surface area contributed by atoms with Crippen LogP contribution in [0, 0.1) is 0 Å². The van der Waals surface area contributed by atoms with Crippen LogP contribution in [0.2, 0.25) is 0 Å². The Morgan fingerprint density at radius 1 is 0.622 bits per heavy atom. The summed E-state index contributed by atoms with van der Waals surface area (Å²) in [5, 5.41) is 0. The van der Waals surface area contributed by atoms with Gasteiger partial charge < -0.3 is 9.30 Å². The van der Waals surface area contributed by atoms with E-state index in [1.165, 1.54) is 108 Å². The molecule has 2 aromatic carbocycles. The quantitative estimate of drug-likeness (QED) is 0.135. The van der Waals surface area contributed by atoms with Crippen LogP contribution in [0.4, 0.5) is 0 Å². The van der Waals surface area contributed by atoms with Gasteiger partial charge in [-0.3, -0.25) is 0 Å². The number of aryl methyl sites for hydroxylation is 1. The molecular formula is C34H52N2O. The van der Waals surface area contributed by atoms with Crippen LogP contribution in [0.25, 0.3) is 11.0 Å². The van der Waals surface area contributed by atoms with Gasteiger partial charge >= 0.3 is 0 Å². The molecule has 3 rings (SSSR count). The van der Waals surface area contributed by atoms with Gasteiger partial charge in [-0.1, -0.05) is 140 Å². The third-order valence-corrected chi connectivity index (χ3v) is 7.60. The van der Waals surface area contributed by atoms with Crippen molar-refractivity contribution in [2.45, 2.75) is 136 Å². The van der Waals surface area contributed by atoms with Crippen LogP contribution >= 0.6 is 0 Å². The number of benzene rings is 2. The van der Waals surface area contributed by atoms with E-state index in [-0.39, 0.29) is 6.10 Å². The van der Waals surface area contributed by atoms with Crippen LogP contribution in [0.15, 0.2) is 54.6 Å². The summed E-state index contributed by atoms with van der Waals surface area (Å²) in [4.78, 5) is 5.01. The number of hydrogen-bond donors (Lipinski definition) is 0. The highest BCUT2D eigenvalue weighted by Crippen LogP contribution is 2.28. The number of unbranched alkanes of at least 4 members (excludes halogenated alkanes) is 15. The highest BCUT2D eigenvalue weighted by Gasteiger charge is 2.20. The van der Waals surface area contributed by atoms with E-state index in [4.69, 9.17) is 9.72 Å². The molecule has 0 aliphatic heterocycles. The van der Waals surface area contributed by atoms with E-state index in [1.807, 2.05) is 30.3 Å². The van der Waals surface area contributed by atoms with Gasteiger partial charge in [0.2, 0.25) is 0 Å². The summed E-state index contributed by atoms with van der Waals surface area (Å²) >= 11 is 0. The number of rotatable bonds is 21. The molecule has 3 aromatic rings. The Balaban J connectivity index is 1.33. The average Bonchev–Trinajstić information content (AvgIpc) is 3.30. The van der Waals surface area contributed by atoms with Crippen LogP contribution < -0.4 is 4.74 Å². The largest absolute Gasteiger partial charge is 0.483 e. The molecule has 1 atom stereocenters. The summed E-state index contributed by atoms with van der Waals surface area (Å²) in [5.74, 6) is 1.98. The zero-order valence-corrected chi connectivity index (χ0v) is 23.8. The summed E-state index contributed by atoms with van der Waals surface area (Å²) in [5.41, 5.74) is 2.30. The Bertz CT molecular complexity index is 964. The first-order chi connectivity index (χ1) is 18.3. The van der Waals surface area contributed by atoms with Gasteiger partial charge in [0.25, 0.3) is 0 Å². The van der Waals surface area contributed by atoms with Gasteiger partial charge in [-0.15, -0.1) is 0 Å². The number of imidazole rings is 1. The Morgan fingerprint density at radius 3 is 1.70 bits per heavy atom. The van der Waals surface area contributed by atoms with Crippen LogP contribution in [-0.2, 0) is 6.54 Å². The first-order valence-electron chi connectivity index (χ1n) is 15.5. The maximum atomic E-state index is 6.37. The number of fused-ring (bicyclic) bond motifs is 1. The minimum absolute atomic E-state index is 0.0316. The molecule has 0 saturated carbocycles. The van der Waals surface area contributed by atoms with E-state index in [1.54, 1.807) is 0 Å². The van der Waals surface area contributed by atoms with Gasteiger partial charge in [0, 0.05) is 6.54 Å². The van der Waals surface area contributed by atoms with Gasteiger partial charge in [-0.05, 0) is 37.1 Å². The maximum absolute atomic E-state index is 6.37. The van der Waals surface area contributed by atoms with Crippen molar-refractivity contribution in [1.82, 2.24) is 9.55 Å². The van der Waals surface area contributed by atoms with E-state index in [9.17, 15) is 0 Å². The molecule has 1 aromatic heterocycles. The zero-order valence-electron chi connectivity index (χ0n) is 23.8. The minimum Gasteiger partial charge on any atom is -0.483 e. The fourth-order valence-electron chi connectivity index (χ4n) is 5.37. The standard InChI is InChI=1S/C34H52N2O/c1-3-5-6-7-8-9-10-11-12-13-14-15-16-17-18-24-29-36-32-28-23-22-27-31(32)35-34(36)33(4-2)37-30-25-20-19-21-26-30/h19-23,25-28,33H,3-18,24,29H2,1-2H3. The van der Waals surface area contributed by atoms with Crippen molar-refractivity contribution in [2.24, 2.45) is 0 Å². The van der Waals surface area contributed by atoms with Crippen molar-refractivity contribution in [2.75, 3.05) is 0 Å². The summed E-state index contributed by atoms with van der Waals surface area (Å²) in [6.45, 7) is 5.50. The second kappa shape index (κ2) is 18.0. The molecular weight excluding hydrogens is 452 g/mol. The lowest BCUT2D eigenvalue weighted by Gasteiger charge is -2.19. The van der Waals surface area contributed by atoms with Crippen LogP contribution in [0.5, 0.6) is 5.75 Å². The molecule has 204 valence electrons. The molecule has 0 aliphatic carbocycles. The van der Waals surface area contributed by atoms with Gasteiger partial charge in [-0.25, -0.2) is 4.98 Å². The first-order valence-corrected chi connectivity index (χ1v) is 15.5. The third kappa shape index (κ3) is 10.5. The molecule has 1 unspecified atom stereocenters. The maximum Gasteiger partial charge on any atom is 0.156 e. The predicted octanol–water partition coefficient (Wildman–Crippen LogP) is 10.8. The normalized spacial score (nSPS) is 12.3. The van der Waals surface area contributed by atoms with Gasteiger partial charge in [0.05, 0.1) is 11.0 Å². The number of aromatic nitrogens is 2. The molecule has 0 aliphatic rings. The number of para-hydroxylation sites is 3. The summed E-state index contributed by atoms with van der Waals surface area (Å²) < 4.78 is 8.78. The molecule has 1 heterocycles. The fourth-order valence-corrected chi connectivity index (χ4v) is 5.37. The molecule has 0 N–H and O–H groups in total.